The van der Waals surface area contributed by atoms with E-state index in [4.69, 9.17) is 19.8 Å². The van der Waals surface area contributed by atoms with Crippen LogP contribution in [0.2, 0.25) is 25.7 Å². The third kappa shape index (κ3) is 6.91. The number of aromatic nitrogens is 7. The zero-order chi connectivity index (χ0) is 36.1. The number of ether oxygens (including phenoxy) is 1. The largest absolute Gasteiger partial charge is 0.361 e. The lowest BCUT2D eigenvalue weighted by atomic mass is 10.0. The van der Waals surface area contributed by atoms with Gasteiger partial charge >= 0.3 is 0 Å². The van der Waals surface area contributed by atoms with Crippen molar-refractivity contribution in [2.45, 2.75) is 52.3 Å². The van der Waals surface area contributed by atoms with Crippen molar-refractivity contribution >= 4 is 57.1 Å². The van der Waals surface area contributed by atoms with Crippen LogP contribution in [-0.2, 0) is 21.5 Å². The molecular weight excluding hydrogens is 683 g/mol. The monoisotopic (exact) mass is 723 g/mol. The fourth-order valence-corrected chi connectivity index (χ4v) is 7.63. The van der Waals surface area contributed by atoms with Gasteiger partial charge in [0.15, 0.2) is 5.82 Å². The normalized spacial score (nSPS) is 13.0. The number of H-pyrrole nitrogens is 1. The molecule has 0 fully saturated rings. The van der Waals surface area contributed by atoms with E-state index in [1.807, 2.05) is 79.2 Å². The smallest absolute Gasteiger partial charge is 0.282 e. The topological polar surface area (TPSA) is 153 Å². The number of hydrogen-bond donors (Lipinski definition) is 3. The van der Waals surface area contributed by atoms with Crippen LogP contribution in [0, 0.1) is 6.92 Å². The molecule has 0 amide bonds. The molecule has 0 saturated heterocycles. The van der Waals surface area contributed by atoms with Crippen LogP contribution in [0.25, 0.3) is 44.3 Å². The van der Waals surface area contributed by atoms with E-state index < -0.39 is 24.1 Å². The molecule has 0 unspecified atom stereocenters. The van der Waals surface area contributed by atoms with Crippen LogP contribution in [0.15, 0.2) is 84.3 Å². The van der Waals surface area contributed by atoms with Gasteiger partial charge in [0.2, 0.25) is 10.0 Å². The van der Waals surface area contributed by atoms with Crippen molar-refractivity contribution in [1.29, 1.82) is 0 Å². The first kappa shape index (κ1) is 34.2. The Morgan fingerprint density at radius 3 is 2.59 bits per heavy atom. The maximum atomic E-state index is 14.0. The predicted octanol–water partition coefficient (Wildman–Crippen LogP) is 6.54. The third-order valence-electron chi connectivity index (χ3n) is 8.82. The molecule has 5 aromatic heterocycles. The second-order valence-electron chi connectivity index (χ2n) is 14.1. The van der Waals surface area contributed by atoms with E-state index in [0.29, 0.717) is 46.2 Å². The first-order valence-corrected chi connectivity index (χ1v) is 22.3. The van der Waals surface area contributed by atoms with Crippen LogP contribution in [0.3, 0.4) is 0 Å². The number of fused-ring (bicyclic) bond motifs is 3. The van der Waals surface area contributed by atoms with Crippen molar-refractivity contribution in [1.82, 2.24) is 33.7 Å². The van der Waals surface area contributed by atoms with Crippen LogP contribution < -0.4 is 15.6 Å². The molecule has 0 aliphatic heterocycles. The lowest BCUT2D eigenvalue weighted by Crippen LogP contribution is -2.29. The summed E-state index contributed by atoms with van der Waals surface area (Å²) < 4.78 is 38.9. The number of rotatable bonds is 12. The van der Waals surface area contributed by atoms with Crippen molar-refractivity contribution in [3.05, 3.63) is 101 Å². The predicted molar refractivity (Wildman–Crippen MR) is 205 cm³/mol. The van der Waals surface area contributed by atoms with Crippen molar-refractivity contribution < 1.29 is 13.2 Å². The summed E-state index contributed by atoms with van der Waals surface area (Å²) in [6, 6.07) is 17.5. The second kappa shape index (κ2) is 13.1. The molecule has 5 heterocycles. The molecule has 7 aromatic rings. The van der Waals surface area contributed by atoms with E-state index in [1.165, 1.54) is 6.33 Å². The number of para-hydroxylation sites is 1. The number of benzene rings is 2. The van der Waals surface area contributed by atoms with Gasteiger partial charge in [0.25, 0.3) is 5.56 Å². The average Bonchev–Trinajstić information content (AvgIpc) is 3.80. The fourth-order valence-electron chi connectivity index (χ4n) is 6.31. The van der Waals surface area contributed by atoms with E-state index in [-0.39, 0.29) is 12.3 Å². The summed E-state index contributed by atoms with van der Waals surface area (Å²) in [5.74, 6) is 1.01. The average molecular weight is 724 g/mol. The highest BCUT2D eigenvalue weighted by molar-refractivity contribution is 7.92. The summed E-state index contributed by atoms with van der Waals surface area (Å²) in [5, 5.41) is 9.92. The lowest BCUT2D eigenvalue weighted by molar-refractivity contribution is 0.0899. The highest BCUT2D eigenvalue weighted by Gasteiger charge is 2.24. The number of anilines is 2. The molecule has 13 nitrogen and oxygen atoms in total. The summed E-state index contributed by atoms with van der Waals surface area (Å²) in [4.78, 5) is 26.7. The number of sulfonamides is 1. The molecule has 0 aliphatic carbocycles. The first-order valence-electron chi connectivity index (χ1n) is 16.7. The van der Waals surface area contributed by atoms with E-state index in [2.05, 4.69) is 34.7 Å². The van der Waals surface area contributed by atoms with Crippen LogP contribution in [-0.4, -0.2) is 63.1 Å². The Morgan fingerprint density at radius 2 is 1.84 bits per heavy atom. The minimum atomic E-state index is -3.57. The van der Waals surface area contributed by atoms with Crippen molar-refractivity contribution in [2.24, 2.45) is 0 Å². The molecule has 51 heavy (non-hydrogen) atoms. The van der Waals surface area contributed by atoms with Gasteiger partial charge in [0.05, 0.1) is 29.1 Å². The van der Waals surface area contributed by atoms with Crippen LogP contribution >= 0.6 is 0 Å². The molecule has 2 aromatic carbocycles. The second-order valence-corrected chi connectivity index (χ2v) is 21.5. The summed E-state index contributed by atoms with van der Waals surface area (Å²) in [6.07, 6.45) is 8.16. The Hall–Kier alpha value is -5.25. The minimum Gasteiger partial charge on any atom is -0.361 e. The maximum Gasteiger partial charge on any atom is 0.282 e. The van der Waals surface area contributed by atoms with Crippen molar-refractivity contribution in [3.63, 3.8) is 0 Å². The standard InChI is InChI=1S/C36H41N9O4SSi/c1-23-13-15-44-32(23)36(46)45(26-10-8-7-9-11-26)34(41-44)24(2)40-33-31-28(20-43(35(31)39-21-38-33)22-49-16-17-51(4,5)6)25-18-29-27(12-14-37-29)30(19-25)42-50(3,47)48/h7-15,18-21,24,37,42H,16-17,22H2,1-6H3,(H,38,39,40)/t24-/m0/s1. The summed E-state index contributed by atoms with van der Waals surface area (Å²) in [7, 11) is -4.88. The van der Waals surface area contributed by atoms with Gasteiger partial charge in [-0.25, -0.2) is 22.9 Å². The van der Waals surface area contributed by atoms with Gasteiger partial charge in [-0.05, 0) is 67.4 Å². The van der Waals surface area contributed by atoms with E-state index >= 15 is 0 Å². The van der Waals surface area contributed by atoms with Gasteiger partial charge in [-0.1, -0.05) is 37.8 Å². The number of aryl methyl sites for hydroxylation is 1. The number of hydrogen-bond acceptors (Lipinski definition) is 8. The van der Waals surface area contributed by atoms with Gasteiger partial charge in [-0.15, -0.1) is 0 Å². The zero-order valence-electron chi connectivity index (χ0n) is 29.4. The summed E-state index contributed by atoms with van der Waals surface area (Å²) in [6.45, 7) is 11.7. The zero-order valence-corrected chi connectivity index (χ0v) is 31.2. The lowest BCUT2D eigenvalue weighted by Gasteiger charge is -2.20. The molecule has 0 aliphatic rings. The maximum absolute atomic E-state index is 14.0. The van der Waals surface area contributed by atoms with Crippen LogP contribution in [0.5, 0.6) is 0 Å². The highest BCUT2D eigenvalue weighted by atomic mass is 32.2. The van der Waals surface area contributed by atoms with E-state index in [0.717, 1.165) is 39.9 Å². The van der Waals surface area contributed by atoms with Crippen LogP contribution in [0.4, 0.5) is 11.5 Å². The summed E-state index contributed by atoms with van der Waals surface area (Å²) in [5.41, 5.74) is 5.22. The van der Waals surface area contributed by atoms with Crippen molar-refractivity contribution in [2.75, 3.05) is 22.9 Å². The highest BCUT2D eigenvalue weighted by Crippen LogP contribution is 2.38. The Labute approximate surface area is 296 Å². The molecule has 7 rings (SSSR count). The first-order chi connectivity index (χ1) is 24.3. The molecule has 0 bridgehead atoms. The quantitative estimate of drug-likeness (QED) is 0.0949. The van der Waals surface area contributed by atoms with E-state index in [9.17, 15) is 13.2 Å². The summed E-state index contributed by atoms with van der Waals surface area (Å²) >= 11 is 0. The Kier molecular flexibility index (Phi) is 8.81. The molecular formula is C36H41N9O4SSi. The van der Waals surface area contributed by atoms with Gasteiger partial charge in [0.1, 0.15) is 30.0 Å². The number of nitrogens with zero attached hydrogens (tertiary/aromatic N) is 6. The minimum absolute atomic E-state index is 0.178. The molecule has 0 radical (unpaired) electrons. The molecule has 0 saturated carbocycles. The molecule has 0 spiro atoms. The number of aromatic amines is 1. The van der Waals surface area contributed by atoms with E-state index in [1.54, 1.807) is 21.5 Å². The molecule has 1 atom stereocenters. The Morgan fingerprint density at radius 1 is 1.06 bits per heavy atom. The van der Waals surface area contributed by atoms with Crippen LogP contribution in [0.1, 0.15) is 24.4 Å². The molecule has 264 valence electrons. The van der Waals surface area contributed by atoms with Gasteiger partial charge < -0.3 is 19.6 Å². The Bertz CT molecular complexity index is 2570. The SMILES string of the molecule is Cc1ccn2nc([C@H](C)Nc3ncnc4c3c(-c3cc(NS(C)(=O)=O)c5cc[nH]c5c3)cn4COCC[Si](C)(C)C)n(-c3ccccc3)c(=O)c12. The Balaban J connectivity index is 1.37. The number of nitrogens with one attached hydrogen (secondary N) is 3. The molecule has 3 N–H and O–H groups in total. The third-order valence-corrected chi connectivity index (χ3v) is 11.1. The molecule has 15 heteroatoms. The van der Waals surface area contributed by atoms with Gasteiger partial charge in [-0.3, -0.25) is 14.1 Å². The van der Waals surface area contributed by atoms with Crippen molar-refractivity contribution in [3.8, 4) is 16.8 Å². The van der Waals surface area contributed by atoms with Gasteiger partial charge in [0, 0.05) is 49.7 Å². The van der Waals surface area contributed by atoms with Gasteiger partial charge in [-0.2, -0.15) is 5.10 Å². The fraction of sp³-hybridized carbons (Fsp3) is 0.278.